The van der Waals surface area contributed by atoms with E-state index in [2.05, 4.69) is 19.9 Å². The molecule has 6 N–H and O–H groups in total. The van der Waals surface area contributed by atoms with Crippen LogP contribution in [0.3, 0.4) is 0 Å². The molecule has 19 heavy (non-hydrogen) atoms. The number of nitrogens with one attached hydrogen (secondary N) is 2. The monoisotopic (exact) mass is 260 g/mol. The van der Waals surface area contributed by atoms with Gasteiger partial charge in [-0.25, -0.2) is 9.37 Å². The maximum atomic E-state index is 13.4. The van der Waals surface area contributed by atoms with E-state index in [1.807, 2.05) is 0 Å². The summed E-state index contributed by atoms with van der Waals surface area (Å²) in [6, 6.07) is 4.33. The molecule has 0 spiro atoms. The minimum absolute atomic E-state index is 0.0391. The van der Waals surface area contributed by atoms with Crippen LogP contribution in [-0.4, -0.2) is 19.9 Å². The van der Waals surface area contributed by atoms with Crippen molar-refractivity contribution in [2.75, 3.05) is 11.5 Å². The van der Waals surface area contributed by atoms with Crippen LogP contribution < -0.4 is 17.0 Å². The number of hydrogen-bond donors (Lipinski definition) is 4. The van der Waals surface area contributed by atoms with Crippen molar-refractivity contribution in [2.24, 2.45) is 0 Å². The number of para-hydroxylation sites is 1. The molecule has 0 bridgehead atoms. The molecule has 3 aromatic rings. The number of anilines is 2. The van der Waals surface area contributed by atoms with Crippen LogP contribution in [0.4, 0.5) is 16.0 Å². The van der Waals surface area contributed by atoms with E-state index in [9.17, 15) is 9.18 Å². The van der Waals surface area contributed by atoms with Crippen LogP contribution in [-0.2, 0) is 0 Å². The van der Waals surface area contributed by atoms with Gasteiger partial charge in [-0.15, -0.1) is 0 Å². The number of aromatic nitrogens is 4. The van der Waals surface area contributed by atoms with Crippen molar-refractivity contribution < 1.29 is 4.39 Å². The SMILES string of the molecule is Nc1nc2nc(-c3cccc(F)c3N)[nH]c2c(=O)[nH]1. The predicted molar refractivity (Wildman–Crippen MR) is 68.7 cm³/mol. The molecule has 96 valence electrons. The molecule has 0 saturated carbocycles. The second kappa shape index (κ2) is 3.80. The molecule has 0 saturated heterocycles. The molecule has 3 rings (SSSR count). The number of benzene rings is 1. The number of nitrogen functional groups attached to an aromatic ring is 2. The van der Waals surface area contributed by atoms with Crippen LogP contribution in [0, 0.1) is 5.82 Å². The van der Waals surface area contributed by atoms with Gasteiger partial charge >= 0.3 is 0 Å². The van der Waals surface area contributed by atoms with Crippen molar-refractivity contribution in [3.63, 3.8) is 0 Å². The van der Waals surface area contributed by atoms with E-state index in [0.29, 0.717) is 5.56 Å². The normalized spacial score (nSPS) is 11.0. The van der Waals surface area contributed by atoms with E-state index in [1.54, 1.807) is 6.07 Å². The molecule has 8 heteroatoms. The van der Waals surface area contributed by atoms with E-state index in [4.69, 9.17) is 11.5 Å². The van der Waals surface area contributed by atoms with Crippen molar-refractivity contribution in [1.82, 2.24) is 19.9 Å². The van der Waals surface area contributed by atoms with Crippen LogP contribution in [0.5, 0.6) is 0 Å². The first kappa shape index (κ1) is 11.2. The van der Waals surface area contributed by atoms with Gasteiger partial charge in [0.15, 0.2) is 11.2 Å². The first-order chi connectivity index (χ1) is 9.06. The van der Waals surface area contributed by atoms with Gasteiger partial charge < -0.3 is 16.5 Å². The molecular formula is C11H9FN6O. The average molecular weight is 260 g/mol. The number of fused-ring (bicyclic) bond motifs is 1. The third-order valence-corrected chi connectivity index (χ3v) is 2.69. The van der Waals surface area contributed by atoms with Crippen molar-refractivity contribution in [1.29, 1.82) is 0 Å². The summed E-state index contributed by atoms with van der Waals surface area (Å²) in [5.41, 5.74) is 11.2. The lowest BCUT2D eigenvalue weighted by Crippen LogP contribution is -2.10. The standard InChI is InChI=1S/C11H9FN6O/c12-5-3-1-2-4(6(5)13)8-15-7-9(16-8)17-11(14)18-10(7)19/h1-3H,13H2,(H4,14,15,16,17,18,19). The summed E-state index contributed by atoms with van der Waals surface area (Å²) in [5.74, 6) is -0.335. The van der Waals surface area contributed by atoms with E-state index >= 15 is 0 Å². The van der Waals surface area contributed by atoms with Crippen LogP contribution >= 0.6 is 0 Å². The molecule has 7 nitrogen and oxygen atoms in total. The van der Waals surface area contributed by atoms with Gasteiger partial charge in [-0.3, -0.25) is 9.78 Å². The number of nitrogens with zero attached hydrogens (tertiary/aromatic N) is 2. The van der Waals surface area contributed by atoms with Gasteiger partial charge in [0.2, 0.25) is 5.95 Å². The fourth-order valence-corrected chi connectivity index (χ4v) is 1.80. The summed E-state index contributed by atoms with van der Waals surface area (Å²) in [6.07, 6.45) is 0. The van der Waals surface area contributed by atoms with Crippen molar-refractivity contribution in [3.8, 4) is 11.4 Å². The number of nitrogens with two attached hydrogens (primary N) is 2. The Balaban J connectivity index is 2.30. The number of hydrogen-bond acceptors (Lipinski definition) is 5. The number of aromatic amines is 2. The lowest BCUT2D eigenvalue weighted by atomic mass is 10.1. The zero-order valence-electron chi connectivity index (χ0n) is 9.57. The molecule has 1 aromatic carbocycles. The summed E-state index contributed by atoms with van der Waals surface area (Å²) >= 11 is 0. The van der Waals surface area contributed by atoms with Crippen molar-refractivity contribution in [2.45, 2.75) is 0 Å². The summed E-state index contributed by atoms with van der Waals surface area (Å²) in [6.45, 7) is 0. The van der Waals surface area contributed by atoms with E-state index in [0.717, 1.165) is 0 Å². The highest BCUT2D eigenvalue weighted by molar-refractivity contribution is 5.80. The Bertz CT molecular complexity index is 837. The van der Waals surface area contributed by atoms with Crippen molar-refractivity contribution in [3.05, 3.63) is 34.4 Å². The number of H-pyrrole nitrogens is 2. The van der Waals surface area contributed by atoms with E-state index < -0.39 is 11.4 Å². The Hall–Kier alpha value is -2.90. The maximum Gasteiger partial charge on any atom is 0.278 e. The minimum Gasteiger partial charge on any atom is -0.396 e. The highest BCUT2D eigenvalue weighted by Gasteiger charge is 2.13. The molecule has 2 aromatic heterocycles. The van der Waals surface area contributed by atoms with Gasteiger partial charge in [-0.05, 0) is 12.1 Å². The summed E-state index contributed by atoms with van der Waals surface area (Å²) < 4.78 is 13.4. The third-order valence-electron chi connectivity index (χ3n) is 2.69. The highest BCUT2D eigenvalue weighted by atomic mass is 19.1. The van der Waals surface area contributed by atoms with Crippen LogP contribution in [0.15, 0.2) is 23.0 Å². The lowest BCUT2D eigenvalue weighted by molar-refractivity contribution is 0.633. The fourth-order valence-electron chi connectivity index (χ4n) is 1.80. The van der Waals surface area contributed by atoms with E-state index in [1.165, 1.54) is 12.1 Å². The largest absolute Gasteiger partial charge is 0.396 e. The van der Waals surface area contributed by atoms with Gasteiger partial charge in [0.25, 0.3) is 5.56 Å². The molecule has 0 atom stereocenters. The van der Waals surface area contributed by atoms with Gasteiger partial charge in [0, 0.05) is 5.56 Å². The number of rotatable bonds is 1. The summed E-state index contributed by atoms with van der Waals surface area (Å²) in [7, 11) is 0. The molecule has 0 aliphatic heterocycles. The summed E-state index contributed by atoms with van der Waals surface area (Å²) in [4.78, 5) is 24.7. The van der Waals surface area contributed by atoms with Crippen molar-refractivity contribution >= 4 is 22.8 Å². The molecule has 0 aliphatic carbocycles. The highest BCUT2D eigenvalue weighted by Crippen LogP contribution is 2.26. The van der Waals surface area contributed by atoms with Gasteiger partial charge in [-0.1, -0.05) is 6.07 Å². The number of halogens is 1. The van der Waals surface area contributed by atoms with Crippen LogP contribution in [0.1, 0.15) is 0 Å². The van der Waals surface area contributed by atoms with Crippen LogP contribution in [0.25, 0.3) is 22.6 Å². The Morgan fingerprint density at radius 1 is 1.16 bits per heavy atom. The first-order valence-electron chi connectivity index (χ1n) is 5.36. The average Bonchev–Trinajstić information content (AvgIpc) is 2.76. The molecular weight excluding hydrogens is 251 g/mol. The molecule has 0 amide bonds. The molecule has 2 heterocycles. The Morgan fingerprint density at radius 3 is 2.74 bits per heavy atom. The first-order valence-corrected chi connectivity index (χ1v) is 5.36. The topological polar surface area (TPSA) is 126 Å². The maximum absolute atomic E-state index is 13.4. The Morgan fingerprint density at radius 2 is 1.95 bits per heavy atom. The molecule has 0 unspecified atom stereocenters. The second-order valence-corrected chi connectivity index (χ2v) is 3.94. The second-order valence-electron chi connectivity index (χ2n) is 3.94. The number of imidazole rings is 1. The van der Waals surface area contributed by atoms with E-state index in [-0.39, 0.29) is 28.6 Å². The lowest BCUT2D eigenvalue weighted by Gasteiger charge is -2.02. The fraction of sp³-hybridized carbons (Fsp3) is 0. The molecule has 0 radical (unpaired) electrons. The van der Waals surface area contributed by atoms with Gasteiger partial charge in [0.1, 0.15) is 11.6 Å². The third kappa shape index (κ3) is 1.69. The van der Waals surface area contributed by atoms with Gasteiger partial charge in [0.05, 0.1) is 5.69 Å². The predicted octanol–water partition coefficient (Wildman–Crippen LogP) is 0.617. The molecule has 0 aliphatic rings. The smallest absolute Gasteiger partial charge is 0.278 e. The summed E-state index contributed by atoms with van der Waals surface area (Å²) in [5, 5.41) is 0. The minimum atomic E-state index is -0.556. The van der Waals surface area contributed by atoms with Crippen LogP contribution in [0.2, 0.25) is 0 Å². The quantitative estimate of drug-likeness (QED) is 0.477. The Labute approximate surface area is 105 Å². The zero-order valence-corrected chi connectivity index (χ0v) is 9.57. The van der Waals surface area contributed by atoms with Gasteiger partial charge in [-0.2, -0.15) is 4.98 Å². The molecule has 0 fully saturated rings. The zero-order chi connectivity index (χ0) is 13.6. The Kier molecular flexibility index (Phi) is 2.24.